The van der Waals surface area contributed by atoms with E-state index in [0.29, 0.717) is 46.0 Å². The number of nitrogens with one attached hydrogen (secondary N) is 1. The molecule has 1 atom stereocenters. The lowest BCUT2D eigenvalue weighted by atomic mass is 9.93. The smallest absolute Gasteiger partial charge is 0.341 e. The van der Waals surface area contributed by atoms with Gasteiger partial charge in [-0.05, 0) is 44.4 Å². The van der Waals surface area contributed by atoms with E-state index < -0.39 is 23.3 Å². The molecule has 0 bridgehead atoms. The molecule has 1 N–H and O–H groups in total. The van der Waals surface area contributed by atoms with Crippen molar-refractivity contribution < 1.29 is 38.1 Å². The van der Waals surface area contributed by atoms with Gasteiger partial charge in [0.25, 0.3) is 0 Å². The van der Waals surface area contributed by atoms with Gasteiger partial charge < -0.3 is 33.9 Å². The van der Waals surface area contributed by atoms with Crippen LogP contribution in [0.3, 0.4) is 0 Å². The largest absolute Gasteiger partial charge is 0.496 e. The maximum absolute atomic E-state index is 12.6. The van der Waals surface area contributed by atoms with Crippen molar-refractivity contribution in [2.75, 3.05) is 40.7 Å². The molecule has 2 aromatic rings. The molecule has 210 valence electrons. The summed E-state index contributed by atoms with van der Waals surface area (Å²) < 4.78 is 26.8. The van der Waals surface area contributed by atoms with E-state index in [9.17, 15) is 14.4 Å². The summed E-state index contributed by atoms with van der Waals surface area (Å²) in [5, 5.41) is 1.87. The molecule has 0 spiro atoms. The van der Waals surface area contributed by atoms with Crippen LogP contribution in [0.2, 0.25) is 0 Å². The van der Waals surface area contributed by atoms with E-state index in [2.05, 4.69) is 5.32 Å². The zero-order chi connectivity index (χ0) is 28.9. The fourth-order valence-electron chi connectivity index (χ4n) is 4.20. The van der Waals surface area contributed by atoms with E-state index in [-0.39, 0.29) is 18.8 Å². The highest BCUT2D eigenvalue weighted by molar-refractivity contribution is 6.30. The van der Waals surface area contributed by atoms with Crippen LogP contribution in [0.25, 0.3) is 0 Å². The van der Waals surface area contributed by atoms with Gasteiger partial charge >= 0.3 is 18.0 Å². The monoisotopic (exact) mass is 560 g/mol. The lowest BCUT2D eigenvalue weighted by Crippen LogP contribution is -2.29. The van der Waals surface area contributed by atoms with E-state index in [1.165, 1.54) is 26.2 Å². The molecule has 0 saturated carbocycles. The number of fused-ring (bicyclic) bond motifs is 1. The Bertz CT molecular complexity index is 1310. The van der Waals surface area contributed by atoms with E-state index in [4.69, 9.17) is 35.3 Å². The van der Waals surface area contributed by atoms with Gasteiger partial charge in [-0.3, -0.25) is 4.79 Å². The number of benzene rings is 2. The number of urea groups is 1. The van der Waals surface area contributed by atoms with Crippen LogP contribution in [0, 0.1) is 6.92 Å². The van der Waals surface area contributed by atoms with Crippen molar-refractivity contribution >= 4 is 35.3 Å². The van der Waals surface area contributed by atoms with Crippen LogP contribution in [0.1, 0.15) is 40.4 Å². The number of carbonyl (C=O) groups is 3. The van der Waals surface area contributed by atoms with Crippen LogP contribution in [-0.2, 0) is 22.6 Å². The molecule has 1 aliphatic heterocycles. The molecule has 11 heteroatoms. The van der Waals surface area contributed by atoms with Crippen LogP contribution in [0.5, 0.6) is 23.0 Å². The minimum absolute atomic E-state index is 0.104. The molecule has 0 radical (unpaired) electrons. The van der Waals surface area contributed by atoms with Gasteiger partial charge in [-0.25, -0.2) is 9.59 Å². The number of carbonyl (C=O) groups excluding carboxylic acids is 3. The zero-order valence-corrected chi connectivity index (χ0v) is 23.9. The van der Waals surface area contributed by atoms with Crippen LogP contribution in [-0.4, -0.2) is 63.7 Å². The first-order valence-corrected chi connectivity index (χ1v) is 12.6. The van der Waals surface area contributed by atoms with Gasteiger partial charge in [0.15, 0.2) is 11.5 Å². The molecule has 2 aromatic carbocycles. The molecule has 0 fully saturated rings. The predicted molar refractivity (Wildman–Crippen MR) is 146 cm³/mol. The number of amides is 2. The Morgan fingerprint density at radius 3 is 2.46 bits per heavy atom. The summed E-state index contributed by atoms with van der Waals surface area (Å²) in [5.41, 5.74) is 3.50. The highest BCUT2D eigenvalue weighted by atomic mass is 35.5. The van der Waals surface area contributed by atoms with E-state index >= 15 is 0 Å². The van der Waals surface area contributed by atoms with E-state index in [0.717, 1.165) is 11.1 Å². The van der Waals surface area contributed by atoms with Crippen molar-refractivity contribution in [1.82, 2.24) is 4.90 Å². The number of cyclic esters (lactones) is 1. The molecule has 3 rings (SSSR count). The predicted octanol–water partition coefficient (Wildman–Crippen LogP) is 4.88. The van der Waals surface area contributed by atoms with Gasteiger partial charge in [0.1, 0.15) is 23.5 Å². The third-order valence-electron chi connectivity index (χ3n) is 6.30. The normalized spacial score (nSPS) is 13.2. The maximum atomic E-state index is 12.6. The molecule has 1 heterocycles. The average Bonchev–Trinajstić information content (AvgIpc) is 3.30. The number of hydrogen-bond donors (Lipinski definition) is 1. The number of rotatable bonds is 10. The highest BCUT2D eigenvalue weighted by Crippen LogP contribution is 2.41. The Morgan fingerprint density at radius 1 is 1.15 bits per heavy atom. The number of hydrogen-bond acceptors (Lipinski definition) is 8. The molecule has 1 aliphatic rings. The second-order valence-corrected chi connectivity index (χ2v) is 9.66. The fourth-order valence-corrected chi connectivity index (χ4v) is 4.48. The van der Waals surface area contributed by atoms with Crippen LogP contribution in [0.4, 0.5) is 10.5 Å². The molecular formula is C28H33ClN2O8. The van der Waals surface area contributed by atoms with Crippen LogP contribution in [0.15, 0.2) is 29.8 Å². The van der Waals surface area contributed by atoms with Crippen molar-refractivity contribution in [2.45, 2.75) is 38.7 Å². The number of alkyl halides is 1. The van der Waals surface area contributed by atoms with Gasteiger partial charge in [0, 0.05) is 31.3 Å². The number of allylic oxidation sites excluding steroid dienone is 2. The highest BCUT2D eigenvalue weighted by Gasteiger charge is 2.33. The second-order valence-electron chi connectivity index (χ2n) is 9.13. The van der Waals surface area contributed by atoms with Gasteiger partial charge in [0.2, 0.25) is 0 Å². The Morgan fingerprint density at radius 2 is 1.85 bits per heavy atom. The van der Waals surface area contributed by atoms with Crippen molar-refractivity contribution in [1.29, 1.82) is 0 Å². The van der Waals surface area contributed by atoms with E-state index in [1.807, 2.05) is 19.9 Å². The third kappa shape index (κ3) is 6.57. The molecule has 0 aromatic heterocycles. The Hall–Kier alpha value is -3.92. The number of nitrogens with zero attached hydrogens (tertiary/aromatic N) is 1. The van der Waals surface area contributed by atoms with Gasteiger partial charge in [-0.1, -0.05) is 11.6 Å². The molecule has 10 nitrogen and oxygen atoms in total. The Labute approximate surface area is 232 Å². The Kier molecular flexibility index (Phi) is 9.69. The molecule has 2 amide bonds. The van der Waals surface area contributed by atoms with Crippen molar-refractivity contribution in [3.8, 4) is 23.0 Å². The average molecular weight is 561 g/mol. The lowest BCUT2D eigenvalue weighted by Gasteiger charge is -2.21. The summed E-state index contributed by atoms with van der Waals surface area (Å²) in [6, 6.07) is 4.36. The molecule has 0 aliphatic carbocycles. The van der Waals surface area contributed by atoms with Crippen molar-refractivity contribution in [2.24, 2.45) is 0 Å². The number of halogens is 1. The van der Waals surface area contributed by atoms with Crippen molar-refractivity contribution in [3.63, 3.8) is 0 Å². The maximum Gasteiger partial charge on any atom is 0.341 e. The SMILES string of the molecule is COc1ccc(OC(=O)C(Cl)CC(C)=CCc2c(NC(=O)N(C)C)c3c(c(C)c2OC)COC3=O)cc1OC. The summed E-state index contributed by atoms with van der Waals surface area (Å²) in [6.45, 7) is 3.78. The second kappa shape index (κ2) is 12.8. The zero-order valence-electron chi connectivity index (χ0n) is 23.1. The Balaban J connectivity index is 1.83. The molecule has 0 saturated heterocycles. The van der Waals surface area contributed by atoms with Crippen LogP contribution >= 0.6 is 11.6 Å². The molecule has 39 heavy (non-hydrogen) atoms. The topological polar surface area (TPSA) is 113 Å². The molecule has 1 unspecified atom stereocenters. The number of esters is 2. The van der Waals surface area contributed by atoms with E-state index in [1.54, 1.807) is 32.3 Å². The number of methoxy groups -OCH3 is 3. The quantitative estimate of drug-likeness (QED) is 0.189. The van der Waals surface area contributed by atoms with Gasteiger partial charge in [-0.15, -0.1) is 11.6 Å². The first-order valence-electron chi connectivity index (χ1n) is 12.1. The summed E-state index contributed by atoms with van der Waals surface area (Å²) in [4.78, 5) is 39.2. The lowest BCUT2D eigenvalue weighted by molar-refractivity contribution is -0.133. The van der Waals surface area contributed by atoms with Gasteiger partial charge in [0.05, 0.1) is 32.6 Å². The summed E-state index contributed by atoms with van der Waals surface area (Å²) in [5.74, 6) is 0.612. The summed E-state index contributed by atoms with van der Waals surface area (Å²) in [7, 11) is 7.73. The standard InChI is InChI=1S/C28H33ClN2O8/c1-15(12-20(29)26(32)39-17-9-11-21(35-5)22(13-17)36-6)8-10-18-24(30-28(34)31(3)4)23-19(14-38-27(23)33)16(2)25(18)37-7/h8-9,11,13,20H,10,12,14H2,1-7H3,(H,30,34). The minimum Gasteiger partial charge on any atom is -0.496 e. The first-order chi connectivity index (χ1) is 18.5. The minimum atomic E-state index is -0.958. The third-order valence-corrected chi connectivity index (χ3v) is 6.63. The molecular weight excluding hydrogens is 528 g/mol. The van der Waals surface area contributed by atoms with Crippen molar-refractivity contribution in [3.05, 3.63) is 52.1 Å². The fraction of sp³-hybridized carbons (Fsp3) is 0.393. The number of anilines is 1. The first kappa shape index (κ1) is 29.6. The van der Waals surface area contributed by atoms with Gasteiger partial charge in [-0.2, -0.15) is 0 Å². The summed E-state index contributed by atoms with van der Waals surface area (Å²) >= 11 is 6.38. The summed E-state index contributed by atoms with van der Waals surface area (Å²) in [6.07, 6.45) is 2.38. The van der Waals surface area contributed by atoms with Crippen LogP contribution < -0.4 is 24.3 Å². The number of ether oxygens (including phenoxy) is 5.